The fourth-order valence-corrected chi connectivity index (χ4v) is 2.55. The SMILES string of the molecule is O=[N+]([O-])c1ccc(N[C@@H]2[C@@H](O)[C@H](O)[C@@H](CO)O[C@@H]2O)c2nonc12. The summed E-state index contributed by atoms with van der Waals surface area (Å²) in [6.07, 6.45) is -5.61. The third kappa shape index (κ3) is 2.65. The van der Waals surface area contributed by atoms with Crippen LogP contribution in [0.3, 0.4) is 0 Å². The molecule has 3 rings (SSSR count). The molecule has 1 aromatic heterocycles. The number of fused-ring (bicyclic) bond motifs is 1. The molecule has 0 unspecified atom stereocenters. The van der Waals surface area contributed by atoms with E-state index in [1.54, 1.807) is 0 Å². The number of nitrogens with one attached hydrogen (secondary N) is 1. The Morgan fingerprint density at radius 2 is 1.92 bits per heavy atom. The Bertz CT molecular complexity index is 752. The first-order valence-corrected chi connectivity index (χ1v) is 6.90. The van der Waals surface area contributed by atoms with Gasteiger partial charge in [-0.05, 0) is 16.4 Å². The summed E-state index contributed by atoms with van der Waals surface area (Å²) >= 11 is 0. The van der Waals surface area contributed by atoms with Gasteiger partial charge in [0.15, 0.2) is 11.8 Å². The molecular formula is C12H14N4O8. The van der Waals surface area contributed by atoms with Crippen molar-refractivity contribution >= 4 is 22.4 Å². The highest BCUT2D eigenvalue weighted by Gasteiger charge is 2.44. The fraction of sp³-hybridized carbons (Fsp3) is 0.500. The van der Waals surface area contributed by atoms with Gasteiger partial charge in [0.1, 0.15) is 24.4 Å². The lowest BCUT2D eigenvalue weighted by atomic mass is 9.96. The van der Waals surface area contributed by atoms with Crippen LogP contribution in [0.5, 0.6) is 0 Å². The van der Waals surface area contributed by atoms with E-state index >= 15 is 0 Å². The average molecular weight is 342 g/mol. The Hall–Kier alpha value is -2.38. The van der Waals surface area contributed by atoms with Gasteiger partial charge in [0, 0.05) is 6.07 Å². The molecule has 0 aliphatic carbocycles. The lowest BCUT2D eigenvalue weighted by Crippen LogP contribution is -2.61. The van der Waals surface area contributed by atoms with E-state index in [4.69, 9.17) is 9.84 Å². The first-order valence-electron chi connectivity index (χ1n) is 6.90. The van der Waals surface area contributed by atoms with Crippen LogP contribution in [0, 0.1) is 10.1 Å². The lowest BCUT2D eigenvalue weighted by molar-refractivity contribution is -0.383. The highest BCUT2D eigenvalue weighted by atomic mass is 16.6. The van der Waals surface area contributed by atoms with Gasteiger partial charge in [-0.1, -0.05) is 0 Å². The number of nitro benzene ring substituents is 1. The number of rotatable bonds is 4. The predicted octanol–water partition coefficient (Wildman–Crippen LogP) is -1.66. The Morgan fingerprint density at radius 1 is 1.21 bits per heavy atom. The number of nitrogens with zero attached hydrogens (tertiary/aromatic N) is 3. The summed E-state index contributed by atoms with van der Waals surface area (Å²) in [6, 6.07) is 1.28. The Kier molecular flexibility index (Phi) is 4.29. The molecule has 24 heavy (non-hydrogen) atoms. The van der Waals surface area contributed by atoms with E-state index in [1.165, 1.54) is 6.07 Å². The van der Waals surface area contributed by atoms with Crippen LogP contribution in [0.15, 0.2) is 16.8 Å². The molecule has 1 fully saturated rings. The van der Waals surface area contributed by atoms with Crippen molar-refractivity contribution in [1.82, 2.24) is 10.3 Å². The third-order valence-electron chi connectivity index (χ3n) is 3.81. The number of nitro groups is 1. The van der Waals surface area contributed by atoms with Gasteiger partial charge in [0.05, 0.1) is 17.2 Å². The number of hydrogen-bond acceptors (Lipinski definition) is 11. The molecule has 2 aromatic rings. The number of aliphatic hydroxyl groups excluding tert-OH is 4. The molecule has 0 bridgehead atoms. The summed E-state index contributed by atoms with van der Waals surface area (Å²) < 4.78 is 9.54. The number of non-ortho nitro benzene ring substituents is 1. The van der Waals surface area contributed by atoms with Crippen molar-refractivity contribution in [1.29, 1.82) is 0 Å². The van der Waals surface area contributed by atoms with E-state index in [0.29, 0.717) is 0 Å². The smallest absolute Gasteiger partial charge is 0.300 e. The molecule has 5 N–H and O–H groups in total. The molecule has 12 nitrogen and oxygen atoms in total. The molecule has 1 aliphatic heterocycles. The minimum atomic E-state index is -1.55. The van der Waals surface area contributed by atoms with Crippen LogP contribution >= 0.6 is 0 Å². The number of anilines is 1. The molecular weight excluding hydrogens is 328 g/mol. The van der Waals surface area contributed by atoms with Gasteiger partial charge >= 0.3 is 5.69 Å². The molecule has 5 atom stereocenters. The monoisotopic (exact) mass is 342 g/mol. The predicted molar refractivity (Wildman–Crippen MR) is 75.8 cm³/mol. The topological polar surface area (TPSA) is 184 Å². The van der Waals surface area contributed by atoms with Crippen LogP contribution in [0.25, 0.3) is 11.0 Å². The van der Waals surface area contributed by atoms with Crippen molar-refractivity contribution in [2.24, 2.45) is 0 Å². The average Bonchev–Trinajstić information content (AvgIpc) is 3.04. The van der Waals surface area contributed by atoms with Crippen LogP contribution in [-0.2, 0) is 4.74 Å². The van der Waals surface area contributed by atoms with Crippen LogP contribution < -0.4 is 5.32 Å². The van der Waals surface area contributed by atoms with Gasteiger partial charge in [0.25, 0.3) is 0 Å². The molecule has 0 saturated carbocycles. The summed E-state index contributed by atoms with van der Waals surface area (Å²) in [5.41, 5.74) is -0.238. The van der Waals surface area contributed by atoms with E-state index in [2.05, 4.69) is 20.3 Å². The van der Waals surface area contributed by atoms with Crippen LogP contribution in [0.4, 0.5) is 11.4 Å². The van der Waals surface area contributed by atoms with E-state index in [1.807, 2.05) is 0 Å². The minimum absolute atomic E-state index is 0.0161. The zero-order valence-corrected chi connectivity index (χ0v) is 12.0. The Labute approximate surface area is 133 Å². The number of hydrogen-bond donors (Lipinski definition) is 5. The van der Waals surface area contributed by atoms with E-state index < -0.39 is 42.2 Å². The van der Waals surface area contributed by atoms with Crippen LogP contribution in [0.1, 0.15) is 0 Å². The summed E-state index contributed by atoms with van der Waals surface area (Å²) in [7, 11) is 0. The van der Waals surface area contributed by atoms with E-state index in [0.717, 1.165) is 6.07 Å². The highest BCUT2D eigenvalue weighted by Crippen LogP contribution is 2.31. The zero-order valence-electron chi connectivity index (χ0n) is 12.0. The first-order chi connectivity index (χ1) is 11.4. The van der Waals surface area contributed by atoms with Gasteiger partial charge in [-0.25, -0.2) is 4.63 Å². The van der Waals surface area contributed by atoms with Gasteiger partial charge < -0.3 is 30.5 Å². The second-order valence-electron chi connectivity index (χ2n) is 5.25. The fourth-order valence-electron chi connectivity index (χ4n) is 2.55. The van der Waals surface area contributed by atoms with E-state index in [-0.39, 0.29) is 22.4 Å². The van der Waals surface area contributed by atoms with Gasteiger partial charge in [-0.15, -0.1) is 0 Å². The largest absolute Gasteiger partial charge is 0.394 e. The van der Waals surface area contributed by atoms with Crippen molar-refractivity contribution in [2.45, 2.75) is 30.6 Å². The maximum absolute atomic E-state index is 10.9. The standard InChI is InChI=1S/C12H14N4O8/c17-3-6-10(18)11(19)9(12(20)23-6)13-4-1-2-5(16(21)22)8-7(4)14-24-15-8/h1-2,6,9-13,17-20H,3H2/t6-,9-,10-,11-,12+/m1/s1. The molecule has 2 heterocycles. The van der Waals surface area contributed by atoms with Crippen LogP contribution in [-0.4, -0.2) is 72.9 Å². The number of benzene rings is 1. The zero-order chi connectivity index (χ0) is 17.4. The van der Waals surface area contributed by atoms with Gasteiger partial charge in [-0.3, -0.25) is 10.1 Å². The number of ether oxygens (including phenoxy) is 1. The second kappa shape index (κ2) is 6.26. The van der Waals surface area contributed by atoms with Crippen molar-refractivity contribution in [2.75, 3.05) is 11.9 Å². The van der Waals surface area contributed by atoms with E-state index in [9.17, 15) is 25.4 Å². The normalized spacial score (nSPS) is 30.4. The molecule has 0 amide bonds. The summed E-state index contributed by atoms with van der Waals surface area (Å²) in [5.74, 6) is 0. The van der Waals surface area contributed by atoms with Gasteiger partial charge in [-0.2, -0.15) is 0 Å². The summed E-state index contributed by atoms with van der Waals surface area (Å²) in [6.45, 7) is -0.586. The summed E-state index contributed by atoms with van der Waals surface area (Å²) in [4.78, 5) is 10.3. The molecule has 0 radical (unpaired) electrons. The highest BCUT2D eigenvalue weighted by molar-refractivity contribution is 5.93. The van der Waals surface area contributed by atoms with Crippen molar-refractivity contribution < 1.29 is 34.7 Å². The van der Waals surface area contributed by atoms with Crippen molar-refractivity contribution in [3.8, 4) is 0 Å². The van der Waals surface area contributed by atoms with Crippen molar-refractivity contribution in [3.05, 3.63) is 22.2 Å². The lowest BCUT2D eigenvalue weighted by Gasteiger charge is -2.40. The first kappa shape index (κ1) is 16.5. The van der Waals surface area contributed by atoms with Crippen molar-refractivity contribution in [3.63, 3.8) is 0 Å². The molecule has 12 heteroatoms. The molecule has 1 saturated heterocycles. The Balaban J connectivity index is 1.91. The minimum Gasteiger partial charge on any atom is -0.394 e. The Morgan fingerprint density at radius 3 is 2.58 bits per heavy atom. The quantitative estimate of drug-likeness (QED) is 0.316. The second-order valence-corrected chi connectivity index (χ2v) is 5.25. The van der Waals surface area contributed by atoms with Gasteiger partial charge in [0.2, 0.25) is 5.52 Å². The number of aromatic nitrogens is 2. The van der Waals surface area contributed by atoms with Crippen LogP contribution in [0.2, 0.25) is 0 Å². The summed E-state index contributed by atoms with van der Waals surface area (Å²) in [5, 5.41) is 59.7. The molecule has 1 aromatic carbocycles. The maximum atomic E-state index is 10.9. The maximum Gasteiger partial charge on any atom is 0.300 e. The molecule has 130 valence electrons. The molecule has 1 aliphatic rings. The molecule has 0 spiro atoms. The third-order valence-corrected chi connectivity index (χ3v) is 3.81. The number of aliphatic hydroxyl groups is 4.